The average molecular weight is 464 g/mol. The Morgan fingerprint density at radius 1 is 0.676 bits per heavy atom. The minimum atomic E-state index is -0.175. The Balaban J connectivity index is 2.03. The summed E-state index contributed by atoms with van der Waals surface area (Å²) in [6.45, 7) is 0. The lowest BCUT2D eigenvalue weighted by atomic mass is 9.94. The lowest BCUT2D eigenvalue weighted by Crippen LogP contribution is -2.10. The first-order valence-electron chi connectivity index (χ1n) is 10.6. The molecule has 0 aliphatic heterocycles. The zero-order chi connectivity index (χ0) is 24.5. The molecule has 0 fully saturated rings. The highest BCUT2D eigenvalue weighted by molar-refractivity contribution is 5.94. The highest BCUT2D eigenvalue weighted by atomic mass is 16.5. The van der Waals surface area contributed by atoms with Gasteiger partial charge in [0.15, 0.2) is 0 Å². The van der Waals surface area contributed by atoms with E-state index in [4.69, 9.17) is 23.7 Å². The van der Waals surface area contributed by atoms with Gasteiger partial charge in [0.2, 0.25) is 5.91 Å². The van der Waals surface area contributed by atoms with E-state index in [2.05, 4.69) is 5.32 Å². The van der Waals surface area contributed by atoms with Gasteiger partial charge in [0.05, 0.1) is 35.5 Å². The van der Waals surface area contributed by atoms with Crippen LogP contribution in [0.5, 0.6) is 28.7 Å². The fraction of sp³-hybridized carbons (Fsp3) is 0.222. The van der Waals surface area contributed by atoms with Gasteiger partial charge in [-0.2, -0.15) is 0 Å². The molecule has 7 heteroatoms. The predicted molar refractivity (Wildman–Crippen MR) is 132 cm³/mol. The third-order valence-corrected chi connectivity index (χ3v) is 5.26. The van der Waals surface area contributed by atoms with Crippen molar-refractivity contribution in [1.29, 1.82) is 0 Å². The first-order chi connectivity index (χ1) is 16.5. The maximum atomic E-state index is 12.8. The van der Waals surface area contributed by atoms with Crippen molar-refractivity contribution in [3.05, 3.63) is 77.9 Å². The highest BCUT2D eigenvalue weighted by Gasteiger charge is 2.18. The molecule has 0 radical (unpaired) electrons. The van der Waals surface area contributed by atoms with Gasteiger partial charge in [-0.25, -0.2) is 0 Å². The highest BCUT2D eigenvalue weighted by Crippen LogP contribution is 2.39. The Bertz CT molecular complexity index is 1100. The van der Waals surface area contributed by atoms with Gasteiger partial charge in [0.1, 0.15) is 28.7 Å². The van der Waals surface area contributed by atoms with Crippen molar-refractivity contribution in [2.45, 2.75) is 6.42 Å². The van der Waals surface area contributed by atoms with E-state index < -0.39 is 0 Å². The van der Waals surface area contributed by atoms with Crippen molar-refractivity contribution >= 4 is 17.2 Å². The van der Waals surface area contributed by atoms with E-state index in [1.807, 2.05) is 42.5 Å². The van der Waals surface area contributed by atoms with E-state index in [0.29, 0.717) is 28.7 Å². The van der Waals surface area contributed by atoms with Crippen LogP contribution in [0.1, 0.15) is 17.5 Å². The quantitative estimate of drug-likeness (QED) is 0.446. The van der Waals surface area contributed by atoms with Crippen LogP contribution in [0, 0.1) is 0 Å². The summed E-state index contributed by atoms with van der Waals surface area (Å²) in [5.41, 5.74) is 2.94. The molecule has 34 heavy (non-hydrogen) atoms. The number of methoxy groups -OCH3 is 5. The minimum Gasteiger partial charge on any atom is -0.497 e. The van der Waals surface area contributed by atoms with Crippen molar-refractivity contribution in [1.82, 2.24) is 0 Å². The van der Waals surface area contributed by atoms with Gasteiger partial charge in [-0.3, -0.25) is 4.79 Å². The van der Waals surface area contributed by atoms with E-state index in [1.165, 1.54) is 0 Å². The number of anilines is 1. The zero-order valence-electron chi connectivity index (χ0n) is 20.0. The second-order valence-corrected chi connectivity index (χ2v) is 7.23. The van der Waals surface area contributed by atoms with Crippen LogP contribution in [-0.2, 0) is 4.79 Å². The first-order valence-corrected chi connectivity index (χ1v) is 10.6. The number of ether oxygens (including phenoxy) is 5. The number of hydrogen-bond acceptors (Lipinski definition) is 6. The van der Waals surface area contributed by atoms with E-state index in [9.17, 15) is 4.79 Å². The summed E-state index contributed by atoms with van der Waals surface area (Å²) in [6.07, 6.45) is 1.95. The van der Waals surface area contributed by atoms with Crippen molar-refractivity contribution in [2.24, 2.45) is 0 Å². The van der Waals surface area contributed by atoms with Crippen molar-refractivity contribution in [3.8, 4) is 28.7 Å². The van der Waals surface area contributed by atoms with Gasteiger partial charge in [0, 0.05) is 23.2 Å². The van der Waals surface area contributed by atoms with Gasteiger partial charge < -0.3 is 29.0 Å². The number of benzene rings is 3. The number of nitrogens with one attached hydrogen (secondary N) is 1. The summed E-state index contributed by atoms with van der Waals surface area (Å²) in [7, 11) is 8.00. The summed E-state index contributed by atoms with van der Waals surface area (Å²) in [5, 5.41) is 2.90. The molecule has 3 rings (SSSR count). The molecule has 178 valence electrons. The lowest BCUT2D eigenvalue weighted by molar-refractivity contribution is -0.115. The number of carbonyl (C=O) groups is 1. The van der Waals surface area contributed by atoms with Crippen LogP contribution in [0.4, 0.5) is 5.69 Å². The number of carbonyl (C=O) groups excluding carboxylic acids is 1. The van der Waals surface area contributed by atoms with Crippen molar-refractivity contribution in [2.75, 3.05) is 40.9 Å². The largest absolute Gasteiger partial charge is 0.497 e. The molecule has 0 aromatic heterocycles. The average Bonchev–Trinajstić information content (AvgIpc) is 2.88. The zero-order valence-corrected chi connectivity index (χ0v) is 20.0. The summed E-state index contributed by atoms with van der Waals surface area (Å²) >= 11 is 0. The molecule has 0 aliphatic carbocycles. The van der Waals surface area contributed by atoms with E-state index >= 15 is 0 Å². The van der Waals surface area contributed by atoms with Crippen molar-refractivity contribution < 1.29 is 28.5 Å². The standard InChI is InChI=1S/C27H29NO6/c1-30-19-8-6-18(7-9-19)28-27(29)15-12-22(23-16-20(31-2)10-13-25(23)33-4)24-17-21(32-3)11-14-26(24)34-5/h6-14,16-17H,15H2,1-5H3,(H,28,29). The molecule has 0 atom stereocenters. The van der Waals surface area contributed by atoms with Crippen LogP contribution in [0.15, 0.2) is 66.7 Å². The second-order valence-electron chi connectivity index (χ2n) is 7.23. The number of hydrogen-bond donors (Lipinski definition) is 1. The van der Waals surface area contributed by atoms with E-state index in [1.54, 1.807) is 59.8 Å². The molecular weight excluding hydrogens is 434 g/mol. The molecule has 0 aliphatic rings. The fourth-order valence-electron chi connectivity index (χ4n) is 3.50. The van der Waals surface area contributed by atoms with Gasteiger partial charge >= 0.3 is 0 Å². The van der Waals surface area contributed by atoms with Gasteiger partial charge in [0.25, 0.3) is 0 Å². The molecule has 0 heterocycles. The van der Waals surface area contributed by atoms with E-state index in [0.717, 1.165) is 22.4 Å². The van der Waals surface area contributed by atoms with Crippen LogP contribution < -0.4 is 29.0 Å². The van der Waals surface area contributed by atoms with Crippen LogP contribution in [0.3, 0.4) is 0 Å². The van der Waals surface area contributed by atoms with Gasteiger partial charge in [-0.15, -0.1) is 0 Å². The topological polar surface area (TPSA) is 75.3 Å². The normalized spacial score (nSPS) is 10.1. The Morgan fingerprint density at radius 3 is 1.59 bits per heavy atom. The number of rotatable bonds is 10. The molecule has 1 amide bonds. The van der Waals surface area contributed by atoms with Crippen LogP contribution in [0.2, 0.25) is 0 Å². The summed E-state index contributed by atoms with van der Waals surface area (Å²) in [6, 6.07) is 18.2. The smallest absolute Gasteiger partial charge is 0.228 e. The SMILES string of the molecule is COc1ccc(NC(=O)CC=C(c2cc(OC)ccc2OC)c2cc(OC)ccc2OC)cc1. The van der Waals surface area contributed by atoms with Gasteiger partial charge in [-0.05, 0) is 66.2 Å². The monoisotopic (exact) mass is 463 g/mol. The first kappa shape index (κ1) is 24.5. The summed E-state index contributed by atoms with van der Waals surface area (Å²) in [5.74, 6) is 3.12. The molecule has 7 nitrogen and oxygen atoms in total. The molecule has 0 saturated carbocycles. The molecule has 0 saturated heterocycles. The number of amides is 1. The molecule has 0 unspecified atom stereocenters. The summed E-state index contributed by atoms with van der Waals surface area (Å²) < 4.78 is 27.3. The molecular formula is C27H29NO6. The third kappa shape index (κ3) is 5.81. The lowest BCUT2D eigenvalue weighted by Gasteiger charge is -2.17. The predicted octanol–water partition coefficient (Wildman–Crippen LogP) is 5.19. The maximum Gasteiger partial charge on any atom is 0.228 e. The van der Waals surface area contributed by atoms with Gasteiger partial charge in [-0.1, -0.05) is 6.08 Å². The Labute approximate surface area is 199 Å². The van der Waals surface area contributed by atoms with E-state index in [-0.39, 0.29) is 12.3 Å². The third-order valence-electron chi connectivity index (χ3n) is 5.26. The Kier molecular flexibility index (Phi) is 8.40. The molecule has 3 aromatic carbocycles. The maximum absolute atomic E-state index is 12.8. The fourth-order valence-corrected chi connectivity index (χ4v) is 3.50. The van der Waals surface area contributed by atoms with Crippen LogP contribution in [0.25, 0.3) is 5.57 Å². The minimum absolute atomic E-state index is 0.113. The molecule has 0 bridgehead atoms. The van der Waals surface area contributed by atoms with Crippen LogP contribution >= 0.6 is 0 Å². The van der Waals surface area contributed by atoms with Crippen molar-refractivity contribution in [3.63, 3.8) is 0 Å². The molecule has 3 aromatic rings. The summed E-state index contributed by atoms with van der Waals surface area (Å²) in [4.78, 5) is 12.8. The molecule has 1 N–H and O–H groups in total. The molecule has 0 spiro atoms. The van der Waals surface area contributed by atoms with Crippen LogP contribution in [-0.4, -0.2) is 41.5 Å². The Morgan fingerprint density at radius 2 is 1.15 bits per heavy atom. The second kappa shape index (κ2) is 11.7. The Hall–Kier alpha value is -4.13.